The van der Waals surface area contributed by atoms with Gasteiger partial charge in [0, 0.05) is 18.6 Å². The van der Waals surface area contributed by atoms with Crippen molar-refractivity contribution in [3.63, 3.8) is 0 Å². The Balaban J connectivity index is 1.78. The number of rotatable bonds is 8. The van der Waals surface area contributed by atoms with Gasteiger partial charge in [0.2, 0.25) is 0 Å². The summed E-state index contributed by atoms with van der Waals surface area (Å²) in [5.74, 6) is 0.988. The molecule has 3 nitrogen and oxygen atoms in total. The number of carbonyl (C=O) groups excluding carboxylic acids is 1. The highest BCUT2D eigenvalue weighted by molar-refractivity contribution is 5.96. The molecule has 1 heterocycles. The van der Waals surface area contributed by atoms with Crippen molar-refractivity contribution in [1.29, 1.82) is 0 Å². The zero-order chi connectivity index (χ0) is 14.2. The van der Waals surface area contributed by atoms with E-state index < -0.39 is 0 Å². The predicted octanol–water partition coefficient (Wildman–Crippen LogP) is 4.01. The van der Waals surface area contributed by atoms with E-state index in [2.05, 4.69) is 6.92 Å². The molecule has 2 rings (SSSR count). The molecular weight excluding hydrogens is 252 g/mol. The molecule has 0 spiro atoms. The van der Waals surface area contributed by atoms with Crippen molar-refractivity contribution >= 4 is 5.78 Å². The maximum Gasteiger partial charge on any atom is 0.163 e. The summed E-state index contributed by atoms with van der Waals surface area (Å²) in [6.45, 7) is 3.65. The first kappa shape index (κ1) is 15.0. The van der Waals surface area contributed by atoms with Gasteiger partial charge in [0.1, 0.15) is 5.75 Å². The summed E-state index contributed by atoms with van der Waals surface area (Å²) in [7, 11) is 0. The van der Waals surface area contributed by atoms with Crippen molar-refractivity contribution in [3.05, 3.63) is 29.8 Å². The Labute approximate surface area is 121 Å². The summed E-state index contributed by atoms with van der Waals surface area (Å²) in [6, 6.07) is 7.51. The van der Waals surface area contributed by atoms with Gasteiger partial charge >= 0.3 is 0 Å². The fraction of sp³-hybridized carbons (Fsp3) is 0.588. The summed E-state index contributed by atoms with van der Waals surface area (Å²) < 4.78 is 11.1. The smallest absolute Gasteiger partial charge is 0.163 e. The first-order chi connectivity index (χ1) is 9.79. The van der Waals surface area contributed by atoms with Gasteiger partial charge in [-0.2, -0.15) is 0 Å². The molecular formula is C17H24O3. The molecule has 1 aromatic carbocycles. The lowest BCUT2D eigenvalue weighted by molar-refractivity contribution is 0.0922. The number of Topliss-reactive ketones (excluding diaryl/α,β-unsaturated/α-hetero) is 1. The Bertz CT molecular complexity index is 422. The third-order valence-corrected chi connectivity index (χ3v) is 3.58. The van der Waals surface area contributed by atoms with Crippen molar-refractivity contribution in [1.82, 2.24) is 0 Å². The van der Waals surface area contributed by atoms with Crippen molar-refractivity contribution < 1.29 is 14.3 Å². The SMILES string of the molecule is CCCOc1cccc(C(=O)CCCC2CCCO2)c1. The van der Waals surface area contributed by atoms with E-state index in [1.54, 1.807) is 0 Å². The van der Waals surface area contributed by atoms with Gasteiger partial charge < -0.3 is 9.47 Å². The van der Waals surface area contributed by atoms with Crippen molar-refractivity contribution in [2.24, 2.45) is 0 Å². The molecule has 0 saturated carbocycles. The molecule has 0 aromatic heterocycles. The average Bonchev–Trinajstić information content (AvgIpc) is 2.98. The largest absolute Gasteiger partial charge is 0.494 e. The third-order valence-electron chi connectivity index (χ3n) is 3.58. The Kier molecular flexibility index (Phi) is 6.06. The second-order valence-corrected chi connectivity index (χ2v) is 5.33. The molecule has 1 unspecified atom stereocenters. The lowest BCUT2D eigenvalue weighted by Gasteiger charge is -2.09. The Hall–Kier alpha value is -1.35. The number of ketones is 1. The standard InChI is InChI=1S/C17H24O3/c1-2-11-19-16-8-3-6-14(13-16)17(18)10-4-7-15-9-5-12-20-15/h3,6,8,13,15H,2,4-5,7,9-12H2,1H3. The summed E-state index contributed by atoms with van der Waals surface area (Å²) in [4.78, 5) is 12.1. The van der Waals surface area contributed by atoms with Crippen LogP contribution >= 0.6 is 0 Å². The fourth-order valence-electron chi connectivity index (χ4n) is 2.49. The Morgan fingerprint density at radius 2 is 2.35 bits per heavy atom. The minimum absolute atomic E-state index is 0.199. The summed E-state index contributed by atoms with van der Waals surface area (Å²) in [5.41, 5.74) is 0.756. The Morgan fingerprint density at radius 1 is 1.45 bits per heavy atom. The number of benzene rings is 1. The van der Waals surface area contributed by atoms with Crippen LogP contribution in [0.5, 0.6) is 5.75 Å². The molecule has 1 aliphatic rings. The van der Waals surface area contributed by atoms with Crippen LogP contribution in [0.15, 0.2) is 24.3 Å². The van der Waals surface area contributed by atoms with Gasteiger partial charge in [0.15, 0.2) is 5.78 Å². The molecule has 0 amide bonds. The maximum absolute atomic E-state index is 12.1. The van der Waals surface area contributed by atoms with Crippen LogP contribution in [0, 0.1) is 0 Å². The molecule has 1 fully saturated rings. The number of ether oxygens (including phenoxy) is 2. The predicted molar refractivity (Wildman–Crippen MR) is 79.4 cm³/mol. The highest BCUT2D eigenvalue weighted by Crippen LogP contribution is 2.20. The number of hydrogen-bond acceptors (Lipinski definition) is 3. The van der Waals surface area contributed by atoms with E-state index in [0.29, 0.717) is 19.1 Å². The minimum atomic E-state index is 0.199. The summed E-state index contributed by atoms with van der Waals surface area (Å²) in [6.07, 6.45) is 6.16. The molecule has 3 heteroatoms. The summed E-state index contributed by atoms with van der Waals surface area (Å²) in [5, 5.41) is 0. The number of carbonyl (C=O) groups is 1. The molecule has 1 atom stereocenters. The van der Waals surface area contributed by atoms with E-state index in [1.807, 2.05) is 24.3 Å². The minimum Gasteiger partial charge on any atom is -0.494 e. The van der Waals surface area contributed by atoms with Crippen LogP contribution in [-0.2, 0) is 4.74 Å². The van der Waals surface area contributed by atoms with Crippen LogP contribution in [0.1, 0.15) is 55.8 Å². The summed E-state index contributed by atoms with van der Waals surface area (Å²) >= 11 is 0. The van der Waals surface area contributed by atoms with Crippen LogP contribution < -0.4 is 4.74 Å². The molecule has 0 radical (unpaired) electrons. The third kappa shape index (κ3) is 4.64. The first-order valence-electron chi connectivity index (χ1n) is 7.67. The van der Waals surface area contributed by atoms with Gasteiger partial charge in [0.05, 0.1) is 12.7 Å². The average molecular weight is 276 g/mol. The fourth-order valence-corrected chi connectivity index (χ4v) is 2.49. The van der Waals surface area contributed by atoms with Crippen molar-refractivity contribution in [3.8, 4) is 5.75 Å². The van der Waals surface area contributed by atoms with Crippen LogP contribution in [0.2, 0.25) is 0 Å². The monoisotopic (exact) mass is 276 g/mol. The zero-order valence-electron chi connectivity index (χ0n) is 12.3. The molecule has 0 bridgehead atoms. The molecule has 1 saturated heterocycles. The first-order valence-corrected chi connectivity index (χ1v) is 7.67. The van der Waals surface area contributed by atoms with Gasteiger partial charge in [-0.3, -0.25) is 4.79 Å². The van der Waals surface area contributed by atoms with Gasteiger partial charge in [-0.05, 0) is 44.2 Å². The van der Waals surface area contributed by atoms with Crippen LogP contribution in [0.4, 0.5) is 0 Å². The van der Waals surface area contributed by atoms with Gasteiger partial charge in [-0.1, -0.05) is 19.1 Å². The van der Waals surface area contributed by atoms with Crippen LogP contribution in [-0.4, -0.2) is 25.1 Å². The van der Waals surface area contributed by atoms with E-state index in [-0.39, 0.29) is 5.78 Å². The molecule has 110 valence electrons. The molecule has 0 aliphatic carbocycles. The highest BCUT2D eigenvalue weighted by Gasteiger charge is 2.15. The van der Waals surface area contributed by atoms with Crippen molar-refractivity contribution in [2.75, 3.05) is 13.2 Å². The second-order valence-electron chi connectivity index (χ2n) is 5.33. The highest BCUT2D eigenvalue weighted by atomic mass is 16.5. The van der Waals surface area contributed by atoms with E-state index in [4.69, 9.17) is 9.47 Å². The lowest BCUT2D eigenvalue weighted by atomic mass is 10.0. The van der Waals surface area contributed by atoms with E-state index in [1.165, 1.54) is 0 Å². The second kappa shape index (κ2) is 8.05. The molecule has 1 aliphatic heterocycles. The number of hydrogen-bond donors (Lipinski definition) is 0. The van der Waals surface area contributed by atoms with E-state index in [9.17, 15) is 4.79 Å². The van der Waals surface area contributed by atoms with Crippen molar-refractivity contribution in [2.45, 2.75) is 51.6 Å². The maximum atomic E-state index is 12.1. The quantitative estimate of drug-likeness (QED) is 0.673. The van der Waals surface area contributed by atoms with Crippen LogP contribution in [0.3, 0.4) is 0 Å². The topological polar surface area (TPSA) is 35.5 Å². The normalized spacial score (nSPS) is 18.1. The van der Waals surface area contributed by atoms with Gasteiger partial charge in [0.25, 0.3) is 0 Å². The van der Waals surface area contributed by atoms with Crippen LogP contribution in [0.25, 0.3) is 0 Å². The molecule has 20 heavy (non-hydrogen) atoms. The van der Waals surface area contributed by atoms with E-state index >= 15 is 0 Å². The lowest BCUT2D eigenvalue weighted by Crippen LogP contribution is -2.06. The van der Waals surface area contributed by atoms with Gasteiger partial charge in [-0.25, -0.2) is 0 Å². The molecule has 0 N–H and O–H groups in total. The van der Waals surface area contributed by atoms with Gasteiger partial charge in [-0.15, -0.1) is 0 Å². The van der Waals surface area contributed by atoms with E-state index in [0.717, 1.165) is 50.0 Å². The Morgan fingerprint density at radius 3 is 3.10 bits per heavy atom. The molecule has 1 aromatic rings. The zero-order valence-corrected chi connectivity index (χ0v) is 12.3.